The third kappa shape index (κ3) is 3.70. The second-order valence-electron chi connectivity index (χ2n) is 5.21. The first-order valence-corrected chi connectivity index (χ1v) is 5.65. The maximum Gasteiger partial charge on any atom is 0.407 e. The summed E-state index contributed by atoms with van der Waals surface area (Å²) in [6, 6.07) is 0.328. The number of rotatable bonds is 2. The number of hydrogen-bond donors (Lipinski definition) is 2. The summed E-state index contributed by atoms with van der Waals surface area (Å²) in [7, 11) is 0. The van der Waals surface area contributed by atoms with Crippen LogP contribution in [0, 0.1) is 0 Å². The van der Waals surface area contributed by atoms with Gasteiger partial charge in [-0.1, -0.05) is 6.42 Å². The van der Waals surface area contributed by atoms with Crippen molar-refractivity contribution in [1.82, 2.24) is 10.2 Å². The molecule has 1 aliphatic heterocycles. The molecule has 1 rings (SSSR count). The molecule has 0 saturated carbocycles. The Morgan fingerprint density at radius 3 is 2.53 bits per heavy atom. The Bertz CT molecular complexity index is 217. The molecular weight excluding hydrogens is 192 g/mol. The minimum Gasteiger partial charge on any atom is -0.465 e. The lowest BCUT2D eigenvalue weighted by atomic mass is 10.0. The second kappa shape index (κ2) is 4.84. The minimum absolute atomic E-state index is 0.315. The van der Waals surface area contributed by atoms with Gasteiger partial charge in [0.2, 0.25) is 0 Å². The molecule has 1 heterocycles. The van der Waals surface area contributed by atoms with Crippen molar-refractivity contribution in [3.63, 3.8) is 0 Å². The SMILES string of the molecule is CC(C)(C)N(CC1CCCCN1)C(=O)O. The van der Waals surface area contributed by atoms with Crippen LogP contribution in [0.25, 0.3) is 0 Å². The van der Waals surface area contributed by atoms with Crippen molar-refractivity contribution < 1.29 is 9.90 Å². The molecule has 2 N–H and O–H groups in total. The summed E-state index contributed by atoms with van der Waals surface area (Å²) in [5.41, 5.74) is -0.315. The van der Waals surface area contributed by atoms with Crippen LogP contribution in [0.5, 0.6) is 0 Å². The van der Waals surface area contributed by atoms with Crippen molar-refractivity contribution in [2.75, 3.05) is 13.1 Å². The van der Waals surface area contributed by atoms with E-state index < -0.39 is 6.09 Å². The van der Waals surface area contributed by atoms with Crippen LogP contribution in [-0.4, -0.2) is 40.8 Å². The molecule has 0 aromatic rings. The van der Waals surface area contributed by atoms with Crippen molar-refractivity contribution in [3.8, 4) is 0 Å². The molecule has 88 valence electrons. The lowest BCUT2D eigenvalue weighted by Gasteiger charge is -2.37. The zero-order valence-electron chi connectivity index (χ0n) is 9.92. The first kappa shape index (κ1) is 12.3. The van der Waals surface area contributed by atoms with E-state index in [1.165, 1.54) is 17.7 Å². The highest BCUT2D eigenvalue weighted by Crippen LogP contribution is 2.16. The fraction of sp³-hybridized carbons (Fsp3) is 0.909. The molecule has 0 bridgehead atoms. The van der Waals surface area contributed by atoms with E-state index in [1.54, 1.807) is 0 Å². The van der Waals surface area contributed by atoms with Crippen LogP contribution in [-0.2, 0) is 0 Å². The van der Waals surface area contributed by atoms with Crippen LogP contribution >= 0.6 is 0 Å². The molecule has 0 spiro atoms. The molecule has 0 aliphatic carbocycles. The van der Waals surface area contributed by atoms with Crippen LogP contribution in [0.15, 0.2) is 0 Å². The van der Waals surface area contributed by atoms with E-state index in [0.29, 0.717) is 12.6 Å². The summed E-state index contributed by atoms with van der Waals surface area (Å²) < 4.78 is 0. The molecule has 4 heteroatoms. The van der Waals surface area contributed by atoms with Crippen LogP contribution in [0.4, 0.5) is 4.79 Å². The lowest BCUT2D eigenvalue weighted by Crippen LogP contribution is -2.52. The topological polar surface area (TPSA) is 52.6 Å². The molecule has 0 aromatic carbocycles. The monoisotopic (exact) mass is 214 g/mol. The number of nitrogens with zero attached hydrogens (tertiary/aromatic N) is 1. The molecule has 1 atom stereocenters. The van der Waals surface area contributed by atoms with E-state index in [1.807, 2.05) is 20.8 Å². The highest BCUT2D eigenvalue weighted by Gasteiger charge is 2.28. The summed E-state index contributed by atoms with van der Waals surface area (Å²) in [4.78, 5) is 12.6. The van der Waals surface area contributed by atoms with Gasteiger partial charge in [-0.15, -0.1) is 0 Å². The smallest absolute Gasteiger partial charge is 0.407 e. The highest BCUT2D eigenvalue weighted by molar-refractivity contribution is 5.66. The largest absolute Gasteiger partial charge is 0.465 e. The first-order chi connectivity index (χ1) is 6.91. The summed E-state index contributed by atoms with van der Waals surface area (Å²) >= 11 is 0. The average molecular weight is 214 g/mol. The third-order valence-electron chi connectivity index (χ3n) is 2.86. The van der Waals surface area contributed by atoms with Crippen LogP contribution in [0.1, 0.15) is 40.0 Å². The van der Waals surface area contributed by atoms with Gasteiger partial charge < -0.3 is 15.3 Å². The van der Waals surface area contributed by atoms with Gasteiger partial charge in [-0.3, -0.25) is 0 Å². The predicted octanol–water partition coefficient (Wildman–Crippen LogP) is 1.91. The number of piperidine rings is 1. The van der Waals surface area contributed by atoms with E-state index in [9.17, 15) is 4.79 Å². The summed E-state index contributed by atoms with van der Waals surface area (Å²) in [6.07, 6.45) is 2.67. The number of carbonyl (C=O) groups is 1. The molecule has 1 fully saturated rings. The van der Waals surface area contributed by atoms with E-state index in [2.05, 4.69) is 5.32 Å². The predicted molar refractivity (Wildman–Crippen MR) is 60.1 cm³/mol. The quantitative estimate of drug-likeness (QED) is 0.738. The van der Waals surface area contributed by atoms with E-state index in [-0.39, 0.29) is 5.54 Å². The van der Waals surface area contributed by atoms with Gasteiger partial charge in [-0.25, -0.2) is 4.79 Å². The van der Waals surface area contributed by atoms with Gasteiger partial charge in [0.25, 0.3) is 0 Å². The Morgan fingerprint density at radius 1 is 1.47 bits per heavy atom. The Balaban J connectivity index is 2.54. The standard InChI is InChI=1S/C11H22N2O2/c1-11(2,3)13(10(14)15)8-9-6-4-5-7-12-9/h9,12H,4-8H2,1-3H3,(H,14,15). The van der Waals surface area contributed by atoms with E-state index >= 15 is 0 Å². The van der Waals surface area contributed by atoms with Gasteiger partial charge in [0.15, 0.2) is 0 Å². The fourth-order valence-electron chi connectivity index (χ4n) is 1.94. The fourth-order valence-corrected chi connectivity index (χ4v) is 1.94. The molecular formula is C11H22N2O2. The third-order valence-corrected chi connectivity index (χ3v) is 2.86. The van der Waals surface area contributed by atoms with Gasteiger partial charge >= 0.3 is 6.09 Å². The number of nitrogens with one attached hydrogen (secondary N) is 1. The Labute approximate surface area is 91.6 Å². The van der Waals surface area contributed by atoms with Crippen molar-refractivity contribution in [3.05, 3.63) is 0 Å². The minimum atomic E-state index is -0.824. The van der Waals surface area contributed by atoms with Crippen molar-refractivity contribution >= 4 is 6.09 Å². The van der Waals surface area contributed by atoms with Gasteiger partial charge in [0.05, 0.1) is 0 Å². The van der Waals surface area contributed by atoms with Gasteiger partial charge in [-0.05, 0) is 40.2 Å². The van der Waals surface area contributed by atoms with Gasteiger partial charge in [0, 0.05) is 18.1 Å². The highest BCUT2D eigenvalue weighted by atomic mass is 16.4. The Kier molecular flexibility index (Phi) is 3.97. The summed E-state index contributed by atoms with van der Waals surface area (Å²) in [5, 5.41) is 12.5. The normalized spacial score (nSPS) is 22.5. The van der Waals surface area contributed by atoms with Crippen molar-refractivity contribution in [2.45, 2.75) is 51.6 Å². The lowest BCUT2D eigenvalue weighted by molar-refractivity contribution is 0.0901. The number of hydrogen-bond acceptors (Lipinski definition) is 2. The molecule has 0 radical (unpaired) electrons. The number of carboxylic acid groups (broad SMARTS) is 1. The zero-order chi connectivity index (χ0) is 11.5. The average Bonchev–Trinajstić information content (AvgIpc) is 2.13. The van der Waals surface area contributed by atoms with Crippen LogP contribution < -0.4 is 5.32 Å². The van der Waals surface area contributed by atoms with E-state index in [0.717, 1.165) is 13.0 Å². The molecule has 1 amide bonds. The Morgan fingerprint density at radius 2 is 2.13 bits per heavy atom. The summed E-state index contributed by atoms with van der Waals surface area (Å²) in [6.45, 7) is 7.42. The molecule has 1 unspecified atom stereocenters. The van der Waals surface area contributed by atoms with Crippen molar-refractivity contribution in [2.24, 2.45) is 0 Å². The summed E-state index contributed by atoms with van der Waals surface area (Å²) in [5.74, 6) is 0. The molecule has 1 saturated heterocycles. The molecule has 0 aromatic heterocycles. The molecule has 15 heavy (non-hydrogen) atoms. The molecule has 4 nitrogen and oxygen atoms in total. The molecule has 1 aliphatic rings. The van der Waals surface area contributed by atoms with Crippen LogP contribution in [0.3, 0.4) is 0 Å². The van der Waals surface area contributed by atoms with Gasteiger partial charge in [-0.2, -0.15) is 0 Å². The maximum absolute atomic E-state index is 11.1. The number of amides is 1. The van der Waals surface area contributed by atoms with Gasteiger partial charge in [0.1, 0.15) is 0 Å². The van der Waals surface area contributed by atoms with Crippen molar-refractivity contribution in [1.29, 1.82) is 0 Å². The first-order valence-electron chi connectivity index (χ1n) is 5.65. The maximum atomic E-state index is 11.1. The van der Waals surface area contributed by atoms with E-state index in [4.69, 9.17) is 5.11 Å². The second-order valence-corrected chi connectivity index (χ2v) is 5.21. The zero-order valence-corrected chi connectivity index (χ0v) is 9.92. The van der Waals surface area contributed by atoms with Crippen LogP contribution in [0.2, 0.25) is 0 Å². The Hall–Kier alpha value is -0.770.